The molecule has 2 heterocycles. The normalized spacial score (nSPS) is 29.6. The molecule has 4 aliphatic rings. The number of sulfonamides is 1. The molecule has 2 aliphatic carbocycles. The van der Waals surface area contributed by atoms with Gasteiger partial charge in [-0.3, -0.25) is 9.35 Å². The van der Waals surface area contributed by atoms with E-state index < -0.39 is 83.6 Å². The summed E-state index contributed by atoms with van der Waals surface area (Å²) in [4.78, 5) is 13.8. The molecule has 5 unspecified atom stereocenters. The SMILES string of the molecule is COc1ccc2c(c1)C(=O)C([S+]1CCOCC1)CC2C1CN(S(=O)(=O)C(F)(F)C(F)(F)C(F)(F)S(=O)(=O)O)CC2CCCCC21. The van der Waals surface area contributed by atoms with E-state index >= 15 is 8.78 Å². The minimum absolute atomic E-state index is 0.0729. The van der Waals surface area contributed by atoms with Gasteiger partial charge in [0.05, 0.1) is 20.3 Å². The van der Waals surface area contributed by atoms with E-state index in [-0.39, 0.29) is 22.4 Å². The minimum atomic E-state index is -7.14. The Hall–Kier alpha value is -1.60. The molecule has 45 heavy (non-hydrogen) atoms. The lowest BCUT2D eigenvalue weighted by atomic mass is 9.62. The van der Waals surface area contributed by atoms with E-state index in [4.69, 9.17) is 14.0 Å². The molecule has 5 rings (SSSR count). The van der Waals surface area contributed by atoms with Crippen LogP contribution in [0.2, 0.25) is 0 Å². The highest BCUT2D eigenvalue weighted by molar-refractivity contribution is 7.98. The molecule has 2 saturated heterocycles. The molecular formula is C27H34F6NO8S3+. The van der Waals surface area contributed by atoms with E-state index in [0.717, 1.165) is 6.42 Å². The highest BCUT2D eigenvalue weighted by atomic mass is 32.2. The van der Waals surface area contributed by atoms with Crippen molar-refractivity contribution in [1.82, 2.24) is 4.31 Å². The van der Waals surface area contributed by atoms with Gasteiger partial charge in [-0.05, 0) is 54.2 Å². The van der Waals surface area contributed by atoms with Crippen LogP contribution in [0.3, 0.4) is 0 Å². The van der Waals surface area contributed by atoms with Gasteiger partial charge in [-0.2, -0.15) is 39.1 Å². The van der Waals surface area contributed by atoms with Crippen molar-refractivity contribution in [3.8, 4) is 5.75 Å². The minimum Gasteiger partial charge on any atom is -0.497 e. The summed E-state index contributed by atoms with van der Waals surface area (Å²) in [6, 6.07) is 4.83. The standard InChI is InChI=1S/C27H33F6NO8S3/c1-41-17-6-7-19-20(13-23(24(35)21(19)12-17)43-10-8-42-9-11-43)22-15-34(14-16-4-2-3-5-18(16)22)44(36,37)26(30,31)25(28,29)27(32,33)45(38,39)40/h6-7,12,16,18,20,22-23H,2-5,8-11,13-15H2,1H3/p+1. The van der Waals surface area contributed by atoms with E-state index in [1.165, 1.54) is 7.11 Å². The average Bonchev–Trinajstić information content (AvgIpc) is 3.00. The summed E-state index contributed by atoms with van der Waals surface area (Å²) in [6.07, 6.45) is 2.53. The predicted octanol–water partition coefficient (Wildman–Crippen LogP) is 4.16. The van der Waals surface area contributed by atoms with Crippen LogP contribution in [-0.4, -0.2) is 98.1 Å². The van der Waals surface area contributed by atoms with Crippen molar-refractivity contribution >= 4 is 36.8 Å². The van der Waals surface area contributed by atoms with Crippen LogP contribution >= 0.6 is 0 Å². The molecule has 1 N–H and O–H groups in total. The number of carbonyl (C=O) groups is 1. The molecule has 1 aromatic carbocycles. The Morgan fingerprint density at radius 3 is 2.22 bits per heavy atom. The molecule has 0 amide bonds. The molecule has 0 spiro atoms. The van der Waals surface area contributed by atoms with Gasteiger partial charge in [0.15, 0.2) is 5.25 Å². The number of benzene rings is 1. The van der Waals surface area contributed by atoms with E-state index in [1.54, 1.807) is 18.2 Å². The van der Waals surface area contributed by atoms with Crippen LogP contribution in [0.5, 0.6) is 5.75 Å². The lowest BCUT2D eigenvalue weighted by Crippen LogP contribution is -2.65. The highest BCUT2D eigenvalue weighted by Crippen LogP contribution is 2.54. The maximum atomic E-state index is 15.2. The molecule has 1 saturated carbocycles. The van der Waals surface area contributed by atoms with Crippen LogP contribution in [-0.2, 0) is 35.8 Å². The van der Waals surface area contributed by atoms with Gasteiger partial charge in [0.2, 0.25) is 5.78 Å². The van der Waals surface area contributed by atoms with Crippen molar-refractivity contribution < 1.29 is 62.0 Å². The number of hydrogen-bond acceptors (Lipinski definition) is 7. The third-order valence-corrected chi connectivity index (χ3v) is 15.1. The number of methoxy groups -OCH3 is 1. The highest BCUT2D eigenvalue weighted by Gasteiger charge is 2.83. The quantitative estimate of drug-likeness (QED) is 0.242. The molecule has 0 radical (unpaired) electrons. The lowest BCUT2D eigenvalue weighted by Gasteiger charge is -2.50. The number of alkyl halides is 6. The number of nitrogens with zero attached hydrogens (tertiary/aromatic N) is 1. The monoisotopic (exact) mass is 710 g/mol. The summed E-state index contributed by atoms with van der Waals surface area (Å²) in [6.45, 7) is -0.500. The van der Waals surface area contributed by atoms with Gasteiger partial charge >= 0.3 is 26.5 Å². The molecule has 254 valence electrons. The summed E-state index contributed by atoms with van der Waals surface area (Å²) in [5, 5.41) is -13.9. The first-order valence-electron chi connectivity index (χ1n) is 14.4. The Balaban J connectivity index is 1.57. The first-order valence-corrected chi connectivity index (χ1v) is 18.9. The van der Waals surface area contributed by atoms with Crippen molar-refractivity contribution in [3.05, 3.63) is 29.3 Å². The zero-order valence-corrected chi connectivity index (χ0v) is 26.6. The van der Waals surface area contributed by atoms with Crippen molar-refractivity contribution in [2.24, 2.45) is 17.8 Å². The third kappa shape index (κ3) is 5.68. The zero-order valence-electron chi connectivity index (χ0n) is 24.1. The first-order chi connectivity index (χ1) is 20.9. The van der Waals surface area contributed by atoms with Crippen LogP contribution in [0.4, 0.5) is 26.3 Å². The van der Waals surface area contributed by atoms with Gasteiger partial charge in [0.25, 0.3) is 10.0 Å². The molecule has 9 nitrogen and oxygen atoms in total. The van der Waals surface area contributed by atoms with Crippen LogP contribution < -0.4 is 4.74 Å². The molecule has 18 heteroatoms. The predicted molar refractivity (Wildman–Crippen MR) is 152 cm³/mol. The van der Waals surface area contributed by atoms with Gasteiger partial charge in [-0.25, -0.2) is 8.42 Å². The van der Waals surface area contributed by atoms with E-state index in [0.29, 0.717) is 60.9 Å². The number of halogens is 6. The Morgan fingerprint density at radius 2 is 1.60 bits per heavy atom. The second kappa shape index (κ2) is 12.1. The second-order valence-electron chi connectivity index (χ2n) is 12.0. The summed E-state index contributed by atoms with van der Waals surface area (Å²) in [7, 11) is -12.8. The number of Topliss-reactive ketones (excluding diaryl/α,β-unsaturated/α-hetero) is 1. The third-order valence-electron chi connectivity index (χ3n) is 9.67. The van der Waals surface area contributed by atoms with E-state index in [2.05, 4.69) is 0 Å². The van der Waals surface area contributed by atoms with Gasteiger partial charge in [-0.15, -0.1) is 0 Å². The molecule has 2 aliphatic heterocycles. The maximum absolute atomic E-state index is 15.2. The number of ketones is 1. The molecule has 5 atom stereocenters. The molecule has 0 bridgehead atoms. The molecule has 1 aromatic rings. The number of piperidine rings is 1. The van der Waals surface area contributed by atoms with Crippen molar-refractivity contribution in [1.29, 1.82) is 0 Å². The van der Waals surface area contributed by atoms with Crippen LogP contribution in [0.25, 0.3) is 0 Å². The van der Waals surface area contributed by atoms with E-state index in [1.807, 2.05) is 0 Å². The number of ether oxygens (including phenoxy) is 2. The van der Waals surface area contributed by atoms with Gasteiger partial charge < -0.3 is 9.47 Å². The molecule has 0 aromatic heterocycles. The first kappa shape index (κ1) is 34.7. The summed E-state index contributed by atoms with van der Waals surface area (Å²) < 4.78 is 155. The van der Waals surface area contributed by atoms with Gasteiger partial charge in [0.1, 0.15) is 17.3 Å². The van der Waals surface area contributed by atoms with Crippen LogP contribution in [0, 0.1) is 17.8 Å². The lowest BCUT2D eigenvalue weighted by molar-refractivity contribution is -0.247. The number of hydrogen-bond donors (Lipinski definition) is 1. The summed E-state index contributed by atoms with van der Waals surface area (Å²) >= 11 is 0. The number of fused-ring (bicyclic) bond motifs is 2. The van der Waals surface area contributed by atoms with Gasteiger partial charge in [0, 0.05) is 36.0 Å². The largest absolute Gasteiger partial charge is 0.497 e. The number of rotatable bonds is 8. The van der Waals surface area contributed by atoms with Gasteiger partial charge in [-0.1, -0.05) is 18.9 Å². The molecule has 3 fully saturated rings. The summed E-state index contributed by atoms with van der Waals surface area (Å²) in [5.41, 5.74) is 0.879. The van der Waals surface area contributed by atoms with Crippen molar-refractivity contribution in [2.45, 2.75) is 59.7 Å². The Bertz CT molecular complexity index is 1520. The Kier molecular flexibility index (Phi) is 9.36. The number of carbonyl (C=O) groups excluding carboxylic acids is 1. The smallest absolute Gasteiger partial charge is 0.439 e. The van der Waals surface area contributed by atoms with Crippen LogP contribution in [0.15, 0.2) is 18.2 Å². The summed E-state index contributed by atoms with van der Waals surface area (Å²) in [5.74, 6) is -7.68. The van der Waals surface area contributed by atoms with Crippen molar-refractivity contribution in [2.75, 3.05) is 44.9 Å². The van der Waals surface area contributed by atoms with E-state index in [9.17, 15) is 39.2 Å². The maximum Gasteiger partial charge on any atom is 0.439 e. The van der Waals surface area contributed by atoms with Crippen LogP contribution in [0.1, 0.15) is 53.9 Å². The topological polar surface area (TPSA) is 127 Å². The zero-order chi connectivity index (χ0) is 33.2. The molecular weight excluding hydrogens is 676 g/mol. The van der Waals surface area contributed by atoms with Crippen molar-refractivity contribution in [3.63, 3.8) is 0 Å². The Morgan fingerprint density at radius 1 is 0.956 bits per heavy atom. The fraction of sp³-hybridized carbons (Fsp3) is 0.741. The fourth-order valence-electron chi connectivity index (χ4n) is 7.36. The fourth-order valence-corrected chi connectivity index (χ4v) is 11.8. The average molecular weight is 711 g/mol. The Labute approximate surface area is 260 Å². The second-order valence-corrected chi connectivity index (χ2v) is 17.9.